The van der Waals surface area contributed by atoms with Crippen LogP contribution in [0.3, 0.4) is 0 Å². The van der Waals surface area contributed by atoms with Crippen LogP contribution in [0.4, 0.5) is 10.2 Å². The van der Waals surface area contributed by atoms with Gasteiger partial charge in [0.2, 0.25) is 0 Å². The molecule has 1 aromatic heterocycles. The van der Waals surface area contributed by atoms with Crippen LogP contribution in [0.2, 0.25) is 5.02 Å². The molecule has 3 aromatic rings. The Hall–Kier alpha value is -2.96. The molecule has 2 aromatic carbocycles. The molecule has 1 heterocycles. The highest BCUT2D eigenvalue weighted by atomic mass is 35.5. The zero-order chi connectivity index (χ0) is 23.8. The molecule has 0 saturated heterocycles. The highest BCUT2D eigenvalue weighted by Gasteiger charge is 2.27. The molecule has 0 radical (unpaired) electrons. The molecule has 0 bridgehead atoms. The average molecular weight is 479 g/mol. The number of phenols is 1. The van der Waals surface area contributed by atoms with Gasteiger partial charge >= 0.3 is 0 Å². The first-order valence-electron chi connectivity index (χ1n) is 11.8. The van der Waals surface area contributed by atoms with E-state index in [9.17, 15) is 5.11 Å². The summed E-state index contributed by atoms with van der Waals surface area (Å²) in [5.74, 6) is 1.18. The van der Waals surface area contributed by atoms with Crippen molar-refractivity contribution < 1.29 is 9.50 Å². The lowest BCUT2D eigenvalue weighted by molar-refractivity contribution is 0.280. The van der Waals surface area contributed by atoms with Crippen LogP contribution in [-0.4, -0.2) is 27.7 Å². The Morgan fingerprint density at radius 3 is 2.85 bits per heavy atom. The van der Waals surface area contributed by atoms with Crippen LogP contribution in [0.5, 0.6) is 5.75 Å². The van der Waals surface area contributed by atoms with E-state index >= 15 is 4.39 Å². The fourth-order valence-electron chi connectivity index (χ4n) is 4.91. The first-order valence-corrected chi connectivity index (χ1v) is 12.1. The second-order valence-electron chi connectivity index (χ2n) is 9.24. The molecule has 4 N–H and O–H groups in total. The number of nitrogens with zero attached hydrogens (tertiary/aromatic N) is 2. The summed E-state index contributed by atoms with van der Waals surface area (Å²) in [7, 11) is 0. The summed E-state index contributed by atoms with van der Waals surface area (Å²) in [5.41, 5.74) is 8.82. The number of nitrogens with two attached hydrogens (primary N) is 1. The predicted molar refractivity (Wildman–Crippen MR) is 137 cm³/mol. The summed E-state index contributed by atoms with van der Waals surface area (Å²) in [6.07, 6.45) is 10.7. The second kappa shape index (κ2) is 9.35. The third-order valence-corrected chi connectivity index (χ3v) is 7.01. The Morgan fingerprint density at radius 1 is 1.26 bits per heavy atom. The number of hydrogen-bond donors (Lipinski definition) is 3. The standard InChI is InChI=1S/C27H28ClFN4O/c1-2-3-8-23-32-26-21(27(33-23)31-14-15-9-17(30)10-15)13-22(28)24(25(26)29)20-12-18(34)11-16-6-4-5-7-19(16)20/h2,5,7,11-13,15,17,34H,1,3-4,6,8-10,14,30H2,(H,31,32,33). The maximum absolute atomic E-state index is 16.2. The minimum absolute atomic E-state index is 0.0926. The second-order valence-corrected chi connectivity index (χ2v) is 9.65. The summed E-state index contributed by atoms with van der Waals surface area (Å²) < 4.78 is 16.2. The Labute approximate surface area is 203 Å². The van der Waals surface area contributed by atoms with Gasteiger partial charge in [0.15, 0.2) is 5.82 Å². The lowest BCUT2D eigenvalue weighted by atomic mass is 9.81. The van der Waals surface area contributed by atoms with Crippen LogP contribution < -0.4 is 11.1 Å². The number of rotatable bonds is 7. The Bertz CT molecular complexity index is 1300. The molecule has 2 aliphatic carbocycles. The molecule has 7 heteroatoms. The van der Waals surface area contributed by atoms with Crippen molar-refractivity contribution in [2.45, 2.75) is 44.6 Å². The van der Waals surface area contributed by atoms with Gasteiger partial charge in [-0.05, 0) is 72.9 Å². The SMILES string of the molecule is C=CCCc1nc(NCC2CC(N)C2)c2cc(Cl)c(-c3cc(O)cc4c3C=CCC4)c(F)c2n1. The molecule has 0 amide bonds. The number of aryl methyl sites for hydroxylation is 2. The van der Waals surface area contributed by atoms with E-state index in [-0.39, 0.29) is 27.9 Å². The maximum atomic E-state index is 16.2. The zero-order valence-electron chi connectivity index (χ0n) is 19.0. The monoisotopic (exact) mass is 478 g/mol. The fourth-order valence-corrected chi connectivity index (χ4v) is 5.20. The summed E-state index contributed by atoms with van der Waals surface area (Å²) in [6, 6.07) is 5.29. The van der Waals surface area contributed by atoms with Gasteiger partial charge in [-0.1, -0.05) is 29.8 Å². The molecule has 0 spiro atoms. The van der Waals surface area contributed by atoms with E-state index in [1.54, 1.807) is 24.3 Å². The molecular weight excluding hydrogens is 451 g/mol. The van der Waals surface area contributed by atoms with Gasteiger partial charge in [-0.15, -0.1) is 6.58 Å². The van der Waals surface area contributed by atoms with Gasteiger partial charge in [0.1, 0.15) is 22.9 Å². The largest absolute Gasteiger partial charge is 0.508 e. The van der Waals surface area contributed by atoms with Gasteiger partial charge in [0.05, 0.1) is 5.02 Å². The van der Waals surface area contributed by atoms with Gasteiger partial charge in [0.25, 0.3) is 0 Å². The topological polar surface area (TPSA) is 84.1 Å². The molecule has 5 rings (SSSR count). The normalized spacial score (nSPS) is 19.0. The summed E-state index contributed by atoms with van der Waals surface area (Å²) >= 11 is 6.69. The molecule has 34 heavy (non-hydrogen) atoms. The quantitative estimate of drug-likeness (QED) is 0.361. The number of halogens is 2. The van der Waals surface area contributed by atoms with Crippen molar-refractivity contribution in [1.82, 2.24) is 9.97 Å². The number of nitrogens with one attached hydrogen (secondary N) is 1. The van der Waals surface area contributed by atoms with Crippen LogP contribution in [0.15, 0.2) is 36.9 Å². The number of aromatic nitrogens is 2. The lowest BCUT2D eigenvalue weighted by Gasteiger charge is -2.32. The number of fused-ring (bicyclic) bond motifs is 2. The molecule has 0 aliphatic heterocycles. The minimum Gasteiger partial charge on any atom is -0.508 e. The van der Waals surface area contributed by atoms with Gasteiger partial charge in [-0.25, -0.2) is 14.4 Å². The lowest BCUT2D eigenvalue weighted by Crippen LogP contribution is -2.39. The number of benzene rings is 2. The van der Waals surface area contributed by atoms with Crippen LogP contribution in [0.25, 0.3) is 28.1 Å². The van der Waals surface area contributed by atoms with Crippen LogP contribution in [0, 0.1) is 11.7 Å². The first kappa shape index (κ1) is 22.8. The van der Waals surface area contributed by atoms with Gasteiger partial charge in [0, 0.05) is 30.0 Å². The van der Waals surface area contributed by atoms with E-state index in [1.807, 2.05) is 6.08 Å². The highest BCUT2D eigenvalue weighted by Crippen LogP contribution is 2.42. The summed E-state index contributed by atoms with van der Waals surface area (Å²) in [4.78, 5) is 9.25. The maximum Gasteiger partial charge on any atom is 0.158 e. The van der Waals surface area contributed by atoms with E-state index in [2.05, 4.69) is 27.9 Å². The molecule has 176 valence electrons. The predicted octanol–water partition coefficient (Wildman–Crippen LogP) is 6.02. The zero-order valence-corrected chi connectivity index (χ0v) is 19.7. The number of hydrogen-bond acceptors (Lipinski definition) is 5. The van der Waals surface area contributed by atoms with Crippen molar-refractivity contribution in [3.63, 3.8) is 0 Å². The molecular formula is C27H28ClFN4O. The smallest absolute Gasteiger partial charge is 0.158 e. The molecule has 2 aliphatic rings. The fraction of sp³-hybridized carbons (Fsp3) is 0.333. The van der Waals surface area contributed by atoms with Crippen molar-refractivity contribution in [2.75, 3.05) is 11.9 Å². The molecule has 5 nitrogen and oxygen atoms in total. The van der Waals surface area contributed by atoms with E-state index in [0.29, 0.717) is 47.9 Å². The third-order valence-electron chi connectivity index (χ3n) is 6.72. The van der Waals surface area contributed by atoms with Crippen molar-refractivity contribution in [2.24, 2.45) is 11.7 Å². The molecule has 0 atom stereocenters. The summed E-state index contributed by atoms with van der Waals surface area (Å²) in [5, 5.41) is 14.5. The van der Waals surface area contributed by atoms with E-state index in [1.165, 1.54) is 0 Å². The van der Waals surface area contributed by atoms with Crippen LogP contribution >= 0.6 is 11.6 Å². The Morgan fingerprint density at radius 2 is 2.09 bits per heavy atom. The van der Waals surface area contributed by atoms with E-state index in [0.717, 1.165) is 36.8 Å². The Balaban J connectivity index is 1.65. The van der Waals surface area contributed by atoms with Crippen molar-refractivity contribution in [3.8, 4) is 16.9 Å². The number of allylic oxidation sites excluding steroid dienone is 2. The Kier molecular flexibility index (Phi) is 6.28. The molecule has 1 saturated carbocycles. The van der Waals surface area contributed by atoms with Gasteiger partial charge in [-0.2, -0.15) is 0 Å². The first-order chi connectivity index (χ1) is 16.4. The minimum atomic E-state index is -0.509. The van der Waals surface area contributed by atoms with Crippen LogP contribution in [0.1, 0.15) is 42.6 Å². The van der Waals surface area contributed by atoms with E-state index in [4.69, 9.17) is 17.3 Å². The van der Waals surface area contributed by atoms with E-state index < -0.39 is 5.82 Å². The third kappa shape index (κ3) is 4.28. The number of anilines is 1. The number of phenolic OH excluding ortho intramolecular Hbond substituents is 1. The summed E-state index contributed by atoms with van der Waals surface area (Å²) in [6.45, 7) is 4.49. The highest BCUT2D eigenvalue weighted by molar-refractivity contribution is 6.34. The molecule has 0 unspecified atom stereocenters. The van der Waals surface area contributed by atoms with Crippen LogP contribution in [-0.2, 0) is 12.8 Å². The number of aromatic hydroxyl groups is 1. The average Bonchev–Trinajstić information content (AvgIpc) is 2.80. The van der Waals surface area contributed by atoms with Gasteiger partial charge < -0.3 is 16.2 Å². The van der Waals surface area contributed by atoms with Crippen molar-refractivity contribution >= 4 is 34.4 Å². The van der Waals surface area contributed by atoms with Crippen molar-refractivity contribution in [1.29, 1.82) is 0 Å². The van der Waals surface area contributed by atoms with Gasteiger partial charge in [-0.3, -0.25) is 0 Å². The molecule has 1 fully saturated rings. The van der Waals surface area contributed by atoms with Crippen molar-refractivity contribution in [3.05, 3.63) is 64.7 Å².